The number of fused-ring (bicyclic) bond motifs is 7. The molecule has 1 amide bonds. The van der Waals surface area contributed by atoms with Crippen molar-refractivity contribution in [2.45, 2.75) is 19.9 Å². The molecule has 5 heteroatoms. The van der Waals surface area contributed by atoms with Gasteiger partial charge in [-0.3, -0.25) is 15.1 Å². The molecule has 0 atom stereocenters. The van der Waals surface area contributed by atoms with Crippen LogP contribution < -0.4 is 11.0 Å². The van der Waals surface area contributed by atoms with Gasteiger partial charge in [0.1, 0.15) is 0 Å². The maximum atomic E-state index is 11.4. The van der Waals surface area contributed by atoms with Gasteiger partial charge in [0.2, 0.25) is 5.91 Å². The molecule has 5 rings (SSSR count). The molecule has 0 aliphatic heterocycles. The number of benzene rings is 4. The number of nitrogens with zero attached hydrogens (tertiary/aromatic N) is 1. The van der Waals surface area contributed by atoms with E-state index in [1.165, 1.54) is 43.4 Å². The third-order valence-electron chi connectivity index (χ3n) is 5.64. The molecule has 0 fully saturated rings. The van der Waals surface area contributed by atoms with Crippen molar-refractivity contribution >= 4 is 49.3 Å². The lowest BCUT2D eigenvalue weighted by molar-refractivity contribution is -0.126. The Morgan fingerprint density at radius 3 is 2.37 bits per heavy atom. The lowest BCUT2D eigenvalue weighted by Gasteiger charge is -2.11. The molecule has 0 saturated carbocycles. The molecule has 4 aromatic carbocycles. The number of carbonyl (C=O) groups excluding carboxylic acids is 1. The molecule has 1 aromatic heterocycles. The number of rotatable bonds is 6. The van der Waals surface area contributed by atoms with Crippen LogP contribution in [-0.4, -0.2) is 17.1 Å². The highest BCUT2D eigenvalue weighted by atomic mass is 16.7. The van der Waals surface area contributed by atoms with Gasteiger partial charge in [-0.05, 0) is 22.2 Å². The first-order chi connectivity index (χ1) is 14.8. The third kappa shape index (κ3) is 3.09. The smallest absolute Gasteiger partial charge is 0.235 e. The molecule has 0 saturated heterocycles. The van der Waals surface area contributed by atoms with E-state index in [-0.39, 0.29) is 5.91 Å². The summed E-state index contributed by atoms with van der Waals surface area (Å²) in [4.78, 5) is 16.8. The van der Waals surface area contributed by atoms with Crippen LogP contribution in [-0.2, 0) is 16.2 Å². The zero-order valence-electron chi connectivity index (χ0n) is 16.8. The van der Waals surface area contributed by atoms with Crippen LogP contribution in [0.4, 0.5) is 0 Å². The Balaban J connectivity index is 1.66. The Labute approximate surface area is 174 Å². The predicted molar refractivity (Wildman–Crippen MR) is 122 cm³/mol. The maximum Gasteiger partial charge on any atom is 0.235 e. The zero-order chi connectivity index (χ0) is 20.5. The lowest BCUT2D eigenvalue weighted by atomic mass is 10.0. The van der Waals surface area contributed by atoms with E-state index in [0.717, 1.165) is 0 Å². The van der Waals surface area contributed by atoms with E-state index in [2.05, 4.69) is 88.4 Å². The molecule has 0 unspecified atom stereocenters. The van der Waals surface area contributed by atoms with Crippen LogP contribution >= 0.6 is 0 Å². The van der Waals surface area contributed by atoms with Crippen molar-refractivity contribution in [1.82, 2.24) is 15.6 Å². The molecule has 30 heavy (non-hydrogen) atoms. The Morgan fingerprint density at radius 1 is 0.867 bits per heavy atom. The standard InChI is InChI=1S/C25H23N3O2/c1-2-23(29)26-27-30-16-15-28-22-14-12-17-7-3-5-9-19(17)24(22)21-13-11-18-8-4-6-10-20(18)25(21)28/h3-14,27H,2,15-16H2,1H3,(H,26,29). The van der Waals surface area contributed by atoms with Crippen molar-refractivity contribution in [3.63, 3.8) is 0 Å². The Kier molecular flexibility index (Phi) is 4.83. The van der Waals surface area contributed by atoms with Gasteiger partial charge >= 0.3 is 0 Å². The second-order valence-corrected chi connectivity index (χ2v) is 7.37. The molecule has 2 N–H and O–H groups in total. The van der Waals surface area contributed by atoms with Crippen LogP contribution in [0.25, 0.3) is 43.4 Å². The van der Waals surface area contributed by atoms with Crippen LogP contribution in [0, 0.1) is 0 Å². The first-order valence-electron chi connectivity index (χ1n) is 10.2. The summed E-state index contributed by atoms with van der Waals surface area (Å²) in [5.74, 6) is -0.107. The molecule has 5 aromatic rings. The average molecular weight is 397 g/mol. The van der Waals surface area contributed by atoms with Crippen molar-refractivity contribution in [3.05, 3.63) is 72.8 Å². The summed E-state index contributed by atoms with van der Waals surface area (Å²) in [5.41, 5.74) is 7.46. The number of nitrogens with one attached hydrogen (secondary N) is 2. The first-order valence-corrected chi connectivity index (χ1v) is 10.2. The van der Waals surface area contributed by atoms with Crippen molar-refractivity contribution < 1.29 is 9.63 Å². The Hall–Kier alpha value is -3.41. The van der Waals surface area contributed by atoms with Crippen molar-refractivity contribution in [2.75, 3.05) is 6.61 Å². The fraction of sp³-hybridized carbons (Fsp3) is 0.160. The van der Waals surface area contributed by atoms with Crippen molar-refractivity contribution in [2.24, 2.45) is 0 Å². The fourth-order valence-corrected chi connectivity index (χ4v) is 4.24. The van der Waals surface area contributed by atoms with Crippen LogP contribution in [0.1, 0.15) is 13.3 Å². The van der Waals surface area contributed by atoms with Crippen LogP contribution in [0.5, 0.6) is 0 Å². The summed E-state index contributed by atoms with van der Waals surface area (Å²) in [6.07, 6.45) is 0.405. The van der Waals surface area contributed by atoms with Gasteiger partial charge in [-0.2, -0.15) is 0 Å². The molecule has 1 heterocycles. The first kappa shape index (κ1) is 18.6. The van der Waals surface area contributed by atoms with E-state index >= 15 is 0 Å². The fourth-order valence-electron chi connectivity index (χ4n) is 4.24. The number of hydrogen-bond acceptors (Lipinski definition) is 3. The molecule has 0 spiro atoms. The summed E-state index contributed by atoms with van der Waals surface area (Å²) >= 11 is 0. The number of carbonyl (C=O) groups is 1. The number of hydrogen-bond donors (Lipinski definition) is 2. The second-order valence-electron chi connectivity index (χ2n) is 7.37. The van der Waals surface area contributed by atoms with Crippen molar-refractivity contribution in [1.29, 1.82) is 0 Å². The summed E-state index contributed by atoms with van der Waals surface area (Å²) in [6.45, 7) is 2.87. The molecule has 0 bridgehead atoms. The summed E-state index contributed by atoms with van der Waals surface area (Å²) in [7, 11) is 0. The monoisotopic (exact) mass is 397 g/mol. The quantitative estimate of drug-likeness (QED) is 0.311. The SMILES string of the molecule is CCC(=O)NNOCCn1c2ccc3ccccc3c2c2ccc3ccccc3c21. The summed E-state index contributed by atoms with van der Waals surface area (Å²) in [6, 6.07) is 25.8. The Morgan fingerprint density at radius 2 is 1.57 bits per heavy atom. The van der Waals surface area contributed by atoms with Crippen LogP contribution in [0.2, 0.25) is 0 Å². The predicted octanol–water partition coefficient (Wildman–Crippen LogP) is 5.06. The Bertz CT molecular complexity index is 1390. The maximum absolute atomic E-state index is 11.4. The number of amides is 1. The van der Waals surface area contributed by atoms with Crippen LogP contribution in [0.15, 0.2) is 72.8 Å². The van der Waals surface area contributed by atoms with Crippen molar-refractivity contribution in [3.8, 4) is 0 Å². The van der Waals surface area contributed by atoms with Gasteiger partial charge < -0.3 is 4.57 Å². The molecule has 150 valence electrons. The van der Waals surface area contributed by atoms with E-state index in [1.807, 2.05) is 0 Å². The van der Waals surface area contributed by atoms with Gasteiger partial charge in [0.25, 0.3) is 0 Å². The highest BCUT2D eigenvalue weighted by Gasteiger charge is 2.15. The zero-order valence-corrected chi connectivity index (χ0v) is 16.8. The summed E-state index contributed by atoms with van der Waals surface area (Å²) in [5, 5.41) is 7.43. The van der Waals surface area contributed by atoms with E-state index in [0.29, 0.717) is 19.6 Å². The van der Waals surface area contributed by atoms with Gasteiger partial charge in [0.05, 0.1) is 12.1 Å². The number of aromatic nitrogens is 1. The molecule has 0 aliphatic carbocycles. The average Bonchev–Trinajstić information content (AvgIpc) is 3.13. The van der Waals surface area contributed by atoms with Gasteiger partial charge in [-0.15, -0.1) is 5.59 Å². The van der Waals surface area contributed by atoms with E-state index in [9.17, 15) is 4.79 Å². The molecular weight excluding hydrogens is 374 g/mol. The van der Waals surface area contributed by atoms with E-state index < -0.39 is 0 Å². The lowest BCUT2D eigenvalue weighted by Crippen LogP contribution is -2.37. The van der Waals surface area contributed by atoms with Crippen LogP contribution in [0.3, 0.4) is 0 Å². The molecule has 0 radical (unpaired) electrons. The molecule has 5 nitrogen and oxygen atoms in total. The molecular formula is C25H23N3O2. The van der Waals surface area contributed by atoms with Gasteiger partial charge in [-0.1, -0.05) is 73.7 Å². The minimum Gasteiger partial charge on any atom is -0.338 e. The largest absolute Gasteiger partial charge is 0.338 e. The van der Waals surface area contributed by atoms with Gasteiger partial charge in [0, 0.05) is 34.6 Å². The minimum absolute atomic E-state index is 0.107. The highest BCUT2D eigenvalue weighted by molar-refractivity contribution is 6.25. The van der Waals surface area contributed by atoms with Gasteiger partial charge in [0.15, 0.2) is 0 Å². The second kappa shape index (κ2) is 7.78. The van der Waals surface area contributed by atoms with E-state index in [1.54, 1.807) is 6.92 Å². The highest BCUT2D eigenvalue weighted by Crippen LogP contribution is 2.38. The summed E-state index contributed by atoms with van der Waals surface area (Å²) < 4.78 is 2.32. The topological polar surface area (TPSA) is 55.3 Å². The third-order valence-corrected chi connectivity index (χ3v) is 5.64. The number of hydrazine groups is 1. The molecule has 0 aliphatic rings. The van der Waals surface area contributed by atoms with E-state index in [4.69, 9.17) is 4.84 Å². The minimum atomic E-state index is -0.107. The normalized spacial score (nSPS) is 11.6. The van der Waals surface area contributed by atoms with Gasteiger partial charge in [-0.25, -0.2) is 0 Å².